The lowest BCUT2D eigenvalue weighted by Gasteiger charge is -2.06. The molecule has 0 aliphatic rings. The molecule has 110 valence electrons. The molecule has 0 aromatic heterocycles. The van der Waals surface area contributed by atoms with Gasteiger partial charge in [0.15, 0.2) is 0 Å². The van der Waals surface area contributed by atoms with Crippen LogP contribution in [0.5, 0.6) is 0 Å². The summed E-state index contributed by atoms with van der Waals surface area (Å²) in [6.07, 6.45) is 0. The molecule has 0 unspecified atom stereocenters. The Labute approximate surface area is 135 Å². The molecule has 0 N–H and O–H groups in total. The number of nitrogens with zero attached hydrogens (tertiary/aromatic N) is 1. The lowest BCUT2D eigenvalue weighted by molar-refractivity contribution is 0.596. The van der Waals surface area contributed by atoms with E-state index in [1.165, 1.54) is 6.07 Å². The van der Waals surface area contributed by atoms with Gasteiger partial charge in [0.25, 0.3) is 0 Å². The van der Waals surface area contributed by atoms with Crippen LogP contribution in [-0.4, -0.2) is 8.42 Å². The maximum absolute atomic E-state index is 12.6. The quantitative estimate of drug-likeness (QED) is 0.615. The second-order valence-corrected chi connectivity index (χ2v) is 7.61. The van der Waals surface area contributed by atoms with Crippen molar-refractivity contribution >= 4 is 42.2 Å². The van der Waals surface area contributed by atoms with Gasteiger partial charge in [0.2, 0.25) is 9.84 Å². The molecule has 6 heteroatoms. The Kier molecular flexibility index (Phi) is 3.80. The number of nitroso groups, excluding NO2 is 1. The van der Waals surface area contributed by atoms with E-state index in [4.69, 9.17) is 0 Å². The standard InChI is InChI=1S/C16H10BrNO3S/c17-13-3-7-15(8-4-13)22(20,21)16-6-2-11-9-14(18-19)5-1-12(11)10-16/h1-10H. The fraction of sp³-hybridized carbons (Fsp3) is 0. The molecular formula is C16H10BrNO3S. The highest BCUT2D eigenvalue weighted by Crippen LogP contribution is 2.27. The molecule has 3 aromatic rings. The van der Waals surface area contributed by atoms with Gasteiger partial charge in [0.1, 0.15) is 5.69 Å². The summed E-state index contributed by atoms with van der Waals surface area (Å²) in [4.78, 5) is 11.0. The van der Waals surface area contributed by atoms with Crippen LogP contribution in [0.2, 0.25) is 0 Å². The fourth-order valence-electron chi connectivity index (χ4n) is 2.18. The van der Waals surface area contributed by atoms with Gasteiger partial charge in [-0.1, -0.05) is 28.1 Å². The van der Waals surface area contributed by atoms with E-state index in [0.29, 0.717) is 5.69 Å². The Morgan fingerprint density at radius 1 is 0.773 bits per heavy atom. The molecule has 4 nitrogen and oxygen atoms in total. The molecule has 3 aromatic carbocycles. The van der Waals surface area contributed by atoms with Crippen molar-refractivity contribution in [3.05, 3.63) is 70.0 Å². The number of fused-ring (bicyclic) bond motifs is 1. The van der Waals surface area contributed by atoms with E-state index < -0.39 is 9.84 Å². The third-order valence-corrected chi connectivity index (χ3v) is 5.63. The molecule has 0 amide bonds. The average Bonchev–Trinajstić information content (AvgIpc) is 2.54. The maximum atomic E-state index is 12.6. The number of hydrogen-bond donors (Lipinski definition) is 0. The smallest absolute Gasteiger partial charge is 0.206 e. The first-order valence-electron chi connectivity index (χ1n) is 6.38. The molecule has 0 spiro atoms. The van der Waals surface area contributed by atoms with Gasteiger partial charge in [-0.15, -0.1) is 4.91 Å². The first kappa shape index (κ1) is 14.9. The Bertz CT molecular complexity index is 966. The van der Waals surface area contributed by atoms with Crippen molar-refractivity contribution in [2.24, 2.45) is 5.18 Å². The van der Waals surface area contributed by atoms with Gasteiger partial charge in [0.05, 0.1) is 9.79 Å². The summed E-state index contributed by atoms with van der Waals surface area (Å²) >= 11 is 3.29. The Balaban J connectivity index is 2.13. The summed E-state index contributed by atoms with van der Waals surface area (Å²) in [7, 11) is -3.57. The van der Waals surface area contributed by atoms with Crippen LogP contribution in [0.1, 0.15) is 0 Å². The minimum absolute atomic E-state index is 0.217. The van der Waals surface area contributed by atoms with Gasteiger partial charge in [-0.05, 0) is 64.5 Å². The molecule has 0 saturated carbocycles. The first-order valence-corrected chi connectivity index (χ1v) is 8.66. The van der Waals surface area contributed by atoms with Crippen LogP contribution in [-0.2, 0) is 9.84 Å². The summed E-state index contributed by atoms with van der Waals surface area (Å²) in [5, 5.41) is 4.39. The lowest BCUT2D eigenvalue weighted by atomic mass is 10.1. The zero-order valence-electron chi connectivity index (χ0n) is 11.2. The first-order chi connectivity index (χ1) is 10.5. The minimum Gasteiger partial charge on any atom is -0.219 e. The van der Waals surface area contributed by atoms with Crippen LogP contribution in [0.3, 0.4) is 0 Å². The van der Waals surface area contributed by atoms with Gasteiger partial charge >= 0.3 is 0 Å². The highest BCUT2D eigenvalue weighted by Gasteiger charge is 2.17. The van der Waals surface area contributed by atoms with Gasteiger partial charge in [-0.25, -0.2) is 8.42 Å². The monoisotopic (exact) mass is 375 g/mol. The molecule has 0 aliphatic heterocycles. The summed E-state index contributed by atoms with van der Waals surface area (Å²) in [6.45, 7) is 0. The molecule has 0 aliphatic carbocycles. The van der Waals surface area contributed by atoms with Crippen LogP contribution in [0.4, 0.5) is 5.69 Å². The van der Waals surface area contributed by atoms with Crippen LogP contribution >= 0.6 is 15.9 Å². The lowest BCUT2D eigenvalue weighted by Crippen LogP contribution is -2.01. The van der Waals surface area contributed by atoms with Crippen molar-refractivity contribution in [3.8, 4) is 0 Å². The zero-order valence-corrected chi connectivity index (χ0v) is 13.6. The topological polar surface area (TPSA) is 63.6 Å². The highest BCUT2D eigenvalue weighted by atomic mass is 79.9. The Morgan fingerprint density at radius 3 is 2.05 bits per heavy atom. The number of halogens is 1. The van der Waals surface area contributed by atoms with Gasteiger partial charge in [0, 0.05) is 4.47 Å². The minimum atomic E-state index is -3.57. The Hall–Kier alpha value is -2.05. The largest absolute Gasteiger partial charge is 0.219 e. The summed E-state index contributed by atoms with van der Waals surface area (Å²) in [6, 6.07) is 16.2. The zero-order chi connectivity index (χ0) is 15.7. The van der Waals surface area contributed by atoms with Crippen LogP contribution in [0, 0.1) is 4.91 Å². The predicted octanol–water partition coefficient (Wildman–Crippen LogP) is 4.83. The highest BCUT2D eigenvalue weighted by molar-refractivity contribution is 9.10. The molecule has 0 fully saturated rings. The SMILES string of the molecule is O=Nc1ccc2cc(S(=O)(=O)c3ccc(Br)cc3)ccc2c1. The van der Waals surface area contributed by atoms with Crippen LogP contribution < -0.4 is 0 Å². The van der Waals surface area contributed by atoms with Crippen molar-refractivity contribution in [3.63, 3.8) is 0 Å². The van der Waals surface area contributed by atoms with Crippen LogP contribution in [0.25, 0.3) is 10.8 Å². The van der Waals surface area contributed by atoms with Crippen molar-refractivity contribution in [2.75, 3.05) is 0 Å². The van der Waals surface area contributed by atoms with E-state index in [1.807, 2.05) is 0 Å². The molecule has 0 heterocycles. The maximum Gasteiger partial charge on any atom is 0.206 e. The molecule has 0 radical (unpaired) electrons. The predicted molar refractivity (Wildman–Crippen MR) is 89.0 cm³/mol. The van der Waals surface area contributed by atoms with Crippen molar-refractivity contribution < 1.29 is 8.42 Å². The van der Waals surface area contributed by atoms with E-state index in [-0.39, 0.29) is 9.79 Å². The van der Waals surface area contributed by atoms with Crippen LogP contribution in [0.15, 0.2) is 80.1 Å². The molecule has 22 heavy (non-hydrogen) atoms. The molecule has 0 bridgehead atoms. The second-order valence-electron chi connectivity index (χ2n) is 4.74. The molecule has 0 atom stereocenters. The van der Waals surface area contributed by atoms with Crippen molar-refractivity contribution in [2.45, 2.75) is 9.79 Å². The molecular weight excluding hydrogens is 366 g/mol. The number of hydrogen-bond acceptors (Lipinski definition) is 4. The van der Waals surface area contributed by atoms with E-state index >= 15 is 0 Å². The van der Waals surface area contributed by atoms with E-state index in [0.717, 1.165) is 15.2 Å². The third kappa shape index (κ3) is 2.67. The molecule has 0 saturated heterocycles. The second kappa shape index (κ2) is 5.62. The number of benzene rings is 3. The van der Waals surface area contributed by atoms with Crippen molar-refractivity contribution in [1.29, 1.82) is 0 Å². The van der Waals surface area contributed by atoms with Gasteiger partial charge < -0.3 is 0 Å². The summed E-state index contributed by atoms with van der Waals surface area (Å²) in [5.41, 5.74) is 0.316. The van der Waals surface area contributed by atoms with Crippen molar-refractivity contribution in [1.82, 2.24) is 0 Å². The normalized spacial score (nSPS) is 11.5. The van der Waals surface area contributed by atoms with Gasteiger partial charge in [-0.3, -0.25) is 0 Å². The summed E-state index contributed by atoms with van der Waals surface area (Å²) in [5.74, 6) is 0. The Morgan fingerprint density at radius 2 is 1.36 bits per heavy atom. The number of rotatable bonds is 3. The summed E-state index contributed by atoms with van der Waals surface area (Å²) < 4.78 is 26.1. The van der Waals surface area contributed by atoms with Gasteiger partial charge in [-0.2, -0.15) is 0 Å². The van der Waals surface area contributed by atoms with E-state index in [1.54, 1.807) is 54.6 Å². The van der Waals surface area contributed by atoms with E-state index in [9.17, 15) is 13.3 Å². The van der Waals surface area contributed by atoms with E-state index in [2.05, 4.69) is 21.1 Å². The fourth-order valence-corrected chi connectivity index (χ4v) is 3.75. The molecule has 3 rings (SSSR count). The number of sulfone groups is 1. The average molecular weight is 376 g/mol. The third-order valence-electron chi connectivity index (χ3n) is 3.33.